The van der Waals surface area contributed by atoms with Gasteiger partial charge in [-0.15, -0.1) is 0 Å². The number of piperidine rings is 1. The highest BCUT2D eigenvalue weighted by Crippen LogP contribution is 2.39. The Hall–Kier alpha value is -4.28. The first-order chi connectivity index (χ1) is 20.8. The normalized spacial score (nSPS) is 22.0. The van der Waals surface area contributed by atoms with Gasteiger partial charge >= 0.3 is 11.8 Å². The zero-order chi connectivity index (χ0) is 30.2. The molecule has 3 aromatic rings. The number of methoxy groups -OCH3 is 1. The number of para-hydroxylation sites is 1. The Morgan fingerprint density at radius 3 is 2.37 bits per heavy atom. The number of aromatic nitrogens is 2. The summed E-state index contributed by atoms with van der Waals surface area (Å²) >= 11 is 0. The van der Waals surface area contributed by atoms with E-state index in [-0.39, 0.29) is 55.1 Å². The predicted octanol–water partition coefficient (Wildman–Crippen LogP) is 3.83. The summed E-state index contributed by atoms with van der Waals surface area (Å²) in [6.07, 6.45) is 3.89. The van der Waals surface area contributed by atoms with Gasteiger partial charge in [-0.2, -0.15) is 0 Å². The highest BCUT2D eigenvalue weighted by molar-refractivity contribution is 6.00. The summed E-state index contributed by atoms with van der Waals surface area (Å²) in [5, 5.41) is 0. The summed E-state index contributed by atoms with van der Waals surface area (Å²) < 4.78 is 13.9. The van der Waals surface area contributed by atoms with Crippen molar-refractivity contribution in [1.82, 2.24) is 18.9 Å². The Labute approximate surface area is 250 Å². The van der Waals surface area contributed by atoms with E-state index in [4.69, 9.17) is 9.47 Å². The number of aryl methyl sites for hydroxylation is 1. The maximum absolute atomic E-state index is 13.8. The molecule has 3 aliphatic heterocycles. The van der Waals surface area contributed by atoms with Gasteiger partial charge in [0.15, 0.2) is 0 Å². The van der Waals surface area contributed by atoms with Gasteiger partial charge in [-0.3, -0.25) is 23.6 Å². The topological polar surface area (TPSA) is 106 Å². The molecule has 0 radical (unpaired) electrons. The fraction of sp³-hybridized carbons (Fsp3) is 0.500. The number of carbonyl (C=O) groups excluding carboxylic acids is 3. The molecule has 0 aliphatic carbocycles. The zero-order valence-corrected chi connectivity index (χ0v) is 25.0. The second-order valence-corrected chi connectivity index (χ2v) is 11.7. The van der Waals surface area contributed by atoms with Crippen molar-refractivity contribution in [3.05, 3.63) is 58.5 Å². The second-order valence-electron chi connectivity index (χ2n) is 11.7. The largest absolute Gasteiger partial charge is 0.497 e. The monoisotopic (exact) mass is 589 g/mol. The average molecular weight is 590 g/mol. The van der Waals surface area contributed by atoms with Crippen LogP contribution < -0.4 is 15.3 Å². The van der Waals surface area contributed by atoms with E-state index in [0.29, 0.717) is 31.0 Å². The lowest BCUT2D eigenvalue weighted by molar-refractivity contribution is -0.151. The molecule has 6 rings (SSSR count). The van der Waals surface area contributed by atoms with E-state index in [1.54, 1.807) is 35.4 Å². The number of imide groups is 1. The molecule has 43 heavy (non-hydrogen) atoms. The molecule has 1 aromatic heterocycles. The van der Waals surface area contributed by atoms with Gasteiger partial charge in [0.05, 0.1) is 37.0 Å². The first-order valence-electron chi connectivity index (χ1n) is 15.2. The molecule has 3 saturated heterocycles. The quantitative estimate of drug-likeness (QED) is 0.290. The minimum atomic E-state index is -0.783. The van der Waals surface area contributed by atoms with Crippen molar-refractivity contribution in [3.8, 4) is 5.75 Å². The first kappa shape index (κ1) is 28.8. The predicted molar refractivity (Wildman–Crippen MR) is 161 cm³/mol. The molecule has 3 atom stereocenters. The van der Waals surface area contributed by atoms with Gasteiger partial charge in [-0.25, -0.2) is 9.59 Å². The van der Waals surface area contributed by atoms with Crippen LogP contribution >= 0.6 is 0 Å². The molecular formula is C32H39N5O6. The van der Waals surface area contributed by atoms with Crippen molar-refractivity contribution in [3.63, 3.8) is 0 Å². The van der Waals surface area contributed by atoms with Gasteiger partial charge in [0.2, 0.25) is 5.91 Å². The summed E-state index contributed by atoms with van der Waals surface area (Å²) in [7, 11) is 3.32. The van der Waals surface area contributed by atoms with Crippen LogP contribution in [0.4, 0.5) is 10.5 Å². The molecule has 2 bridgehead atoms. The van der Waals surface area contributed by atoms with Gasteiger partial charge in [-0.1, -0.05) is 31.5 Å². The molecule has 3 fully saturated rings. The third-order valence-corrected chi connectivity index (χ3v) is 9.12. The lowest BCUT2D eigenvalue weighted by atomic mass is 10.0. The summed E-state index contributed by atoms with van der Waals surface area (Å²) in [4.78, 5) is 58.7. The smallest absolute Gasteiger partial charge is 0.409 e. The Balaban J connectivity index is 1.29. The van der Waals surface area contributed by atoms with E-state index in [0.717, 1.165) is 42.5 Å². The average Bonchev–Trinajstić information content (AvgIpc) is 3.43. The van der Waals surface area contributed by atoms with E-state index in [9.17, 15) is 19.2 Å². The number of likely N-dealkylation sites (tertiary alicyclic amines) is 2. The number of hydrogen-bond acceptors (Lipinski definition) is 7. The van der Waals surface area contributed by atoms with Crippen molar-refractivity contribution in [2.45, 2.75) is 70.1 Å². The summed E-state index contributed by atoms with van der Waals surface area (Å²) in [5.74, 6) is 0.0776. The highest BCUT2D eigenvalue weighted by atomic mass is 16.6. The Morgan fingerprint density at radius 2 is 1.70 bits per heavy atom. The van der Waals surface area contributed by atoms with Crippen LogP contribution in [0.3, 0.4) is 0 Å². The number of rotatable bonds is 8. The van der Waals surface area contributed by atoms with E-state index in [1.807, 2.05) is 35.2 Å². The number of unbranched alkanes of at least 4 members (excludes halogenated alkanes) is 1. The van der Waals surface area contributed by atoms with Gasteiger partial charge < -0.3 is 19.3 Å². The van der Waals surface area contributed by atoms with Gasteiger partial charge in [0, 0.05) is 38.6 Å². The van der Waals surface area contributed by atoms with Crippen LogP contribution in [-0.4, -0.2) is 75.7 Å². The van der Waals surface area contributed by atoms with Crippen LogP contribution in [0.1, 0.15) is 57.1 Å². The maximum Gasteiger partial charge on any atom is 0.409 e. The molecule has 0 spiro atoms. The molecule has 4 heterocycles. The van der Waals surface area contributed by atoms with Gasteiger partial charge in [0.1, 0.15) is 11.8 Å². The van der Waals surface area contributed by atoms with Crippen molar-refractivity contribution >= 4 is 34.6 Å². The number of nitrogens with zero attached hydrogens (tertiary/aromatic N) is 5. The number of hydrogen-bond donors (Lipinski definition) is 0. The number of anilines is 1. The van der Waals surface area contributed by atoms with E-state index in [2.05, 4.69) is 11.8 Å². The van der Waals surface area contributed by atoms with Crippen LogP contribution in [0.5, 0.6) is 5.75 Å². The van der Waals surface area contributed by atoms with Crippen LogP contribution in [-0.2, 0) is 27.9 Å². The zero-order valence-electron chi connectivity index (χ0n) is 25.0. The first-order valence-corrected chi connectivity index (χ1v) is 15.2. The number of imidazole rings is 1. The summed E-state index contributed by atoms with van der Waals surface area (Å²) in [6, 6.07) is 12.5. The maximum atomic E-state index is 13.8. The molecule has 0 N–H and O–H groups in total. The third kappa shape index (κ3) is 5.14. The minimum Gasteiger partial charge on any atom is -0.497 e. The fourth-order valence-corrected chi connectivity index (χ4v) is 6.91. The number of carbonyl (C=O) groups is 3. The van der Waals surface area contributed by atoms with E-state index >= 15 is 0 Å². The Bertz CT molecular complexity index is 1580. The number of benzene rings is 2. The van der Waals surface area contributed by atoms with Crippen molar-refractivity contribution in [1.29, 1.82) is 0 Å². The second kappa shape index (κ2) is 11.8. The molecule has 11 nitrogen and oxygen atoms in total. The molecule has 3 amide bonds. The standard InChI is InChI=1S/C32H39N5O6/c1-4-5-17-43-32(41)34-19-22-11-12-23(20-34)36(22)25-7-6-8-26-29(25)33(2)31(40)37(26)27-15-16-28(38)35(30(27)39)18-21-9-13-24(42-3)14-10-21/h6-10,13-14,22-23,27H,4-5,11-12,15-20H2,1-3H3/t22-,23+,27?. The number of amides is 3. The van der Waals surface area contributed by atoms with Gasteiger partial charge in [0.25, 0.3) is 5.91 Å². The lowest BCUT2D eigenvalue weighted by Gasteiger charge is -2.42. The molecule has 2 aromatic carbocycles. The Morgan fingerprint density at radius 1 is 0.977 bits per heavy atom. The lowest BCUT2D eigenvalue weighted by Crippen LogP contribution is -2.55. The van der Waals surface area contributed by atoms with E-state index < -0.39 is 6.04 Å². The van der Waals surface area contributed by atoms with Crippen LogP contribution in [0.15, 0.2) is 47.3 Å². The van der Waals surface area contributed by atoms with Crippen molar-refractivity contribution in [2.24, 2.45) is 7.05 Å². The van der Waals surface area contributed by atoms with E-state index in [1.165, 1.54) is 4.90 Å². The molecule has 11 heteroatoms. The minimum absolute atomic E-state index is 0.107. The molecule has 0 saturated carbocycles. The highest BCUT2D eigenvalue weighted by Gasteiger charge is 2.43. The van der Waals surface area contributed by atoms with Crippen molar-refractivity contribution < 1.29 is 23.9 Å². The molecule has 228 valence electrons. The molecule has 1 unspecified atom stereocenters. The van der Waals surface area contributed by atoms with Crippen LogP contribution in [0.2, 0.25) is 0 Å². The number of piperazine rings is 1. The molecule has 3 aliphatic rings. The van der Waals surface area contributed by atoms with Gasteiger partial charge in [-0.05, 0) is 55.5 Å². The summed E-state index contributed by atoms with van der Waals surface area (Å²) in [6.45, 7) is 3.77. The van der Waals surface area contributed by atoms with Crippen LogP contribution in [0, 0.1) is 0 Å². The van der Waals surface area contributed by atoms with Crippen molar-refractivity contribution in [2.75, 3.05) is 31.7 Å². The fourth-order valence-electron chi connectivity index (χ4n) is 6.91. The summed E-state index contributed by atoms with van der Waals surface area (Å²) in [5.41, 5.74) is 2.87. The SMILES string of the molecule is CCCCOC(=O)N1C[C@H]2CC[C@@H](C1)N2c1cccc2c1n(C)c(=O)n2C1CCC(=O)N(Cc2ccc(OC)cc2)C1=O. The number of fused-ring (bicyclic) bond motifs is 3. The molecular weight excluding hydrogens is 550 g/mol. The Kier molecular flexibility index (Phi) is 7.89. The number of ether oxygens (including phenoxy) is 2. The van der Waals surface area contributed by atoms with Crippen LogP contribution in [0.25, 0.3) is 11.0 Å². The third-order valence-electron chi connectivity index (χ3n) is 9.12.